The molecule has 2 aromatic heterocycles. The molecule has 2 N–H and O–H groups in total. The molecule has 2 heterocycles. The van der Waals surface area contributed by atoms with E-state index in [1.165, 1.54) is 4.70 Å². The summed E-state index contributed by atoms with van der Waals surface area (Å²) >= 11 is 1.66. The van der Waals surface area contributed by atoms with Gasteiger partial charge in [0.2, 0.25) is 0 Å². The summed E-state index contributed by atoms with van der Waals surface area (Å²) in [6.45, 7) is 1.08. The molecule has 1 aliphatic carbocycles. The highest BCUT2D eigenvalue weighted by atomic mass is 32.1. The van der Waals surface area contributed by atoms with Crippen molar-refractivity contribution in [2.45, 2.75) is 38.3 Å². The van der Waals surface area contributed by atoms with Gasteiger partial charge in [-0.15, -0.1) is 11.3 Å². The summed E-state index contributed by atoms with van der Waals surface area (Å²) in [5, 5.41) is 13.7. The first-order valence-corrected chi connectivity index (χ1v) is 9.42. The second-order valence-corrected chi connectivity index (χ2v) is 7.56. The highest BCUT2D eigenvalue weighted by Gasteiger charge is 2.20. The van der Waals surface area contributed by atoms with Gasteiger partial charge >= 0.3 is 0 Å². The van der Waals surface area contributed by atoms with E-state index in [1.807, 2.05) is 30.3 Å². The van der Waals surface area contributed by atoms with E-state index in [-0.39, 0.29) is 0 Å². The Kier molecular flexibility index (Phi) is 4.65. The minimum absolute atomic E-state index is 0.330. The van der Waals surface area contributed by atoms with Crippen LogP contribution in [0.15, 0.2) is 40.8 Å². The first kappa shape index (κ1) is 15.8. The summed E-state index contributed by atoms with van der Waals surface area (Å²) in [6.07, 6.45) is 4.50. The largest absolute Gasteiger partial charge is 0.457 e. The van der Waals surface area contributed by atoms with E-state index in [9.17, 15) is 5.11 Å². The first-order valence-electron chi connectivity index (χ1n) is 8.60. The highest BCUT2D eigenvalue weighted by molar-refractivity contribution is 7.21. The normalized spacial score (nSPS) is 21.4. The van der Waals surface area contributed by atoms with Gasteiger partial charge < -0.3 is 14.8 Å². The molecule has 0 aliphatic heterocycles. The van der Waals surface area contributed by atoms with Gasteiger partial charge in [-0.3, -0.25) is 0 Å². The Morgan fingerprint density at radius 2 is 1.96 bits per heavy atom. The van der Waals surface area contributed by atoms with Crippen LogP contribution in [-0.2, 0) is 6.54 Å². The lowest BCUT2D eigenvalue weighted by molar-refractivity contribution is 0.174. The number of aliphatic hydroxyl groups is 1. The Morgan fingerprint density at radius 1 is 1.12 bits per heavy atom. The minimum Gasteiger partial charge on any atom is -0.457 e. The van der Waals surface area contributed by atoms with Crippen molar-refractivity contribution in [3.63, 3.8) is 0 Å². The van der Waals surface area contributed by atoms with E-state index in [4.69, 9.17) is 4.42 Å². The average molecular weight is 342 g/mol. The lowest BCUT2D eigenvalue weighted by atomic mass is 9.86. The maximum Gasteiger partial charge on any atom is 0.163 e. The molecule has 1 fully saturated rings. The zero-order valence-electron chi connectivity index (χ0n) is 13.6. The van der Waals surface area contributed by atoms with Gasteiger partial charge in [0.25, 0.3) is 0 Å². The van der Waals surface area contributed by atoms with E-state index in [2.05, 4.69) is 16.4 Å². The molecule has 3 aromatic rings. The predicted molar refractivity (Wildman–Crippen MR) is 97.0 cm³/mol. The molecule has 24 heavy (non-hydrogen) atoms. The standard InChI is InChI=1S/C19H22N2O2S/c22-12-13-5-7-14(8-6-13)20-11-15-9-10-17(23-15)19-21-16-3-1-2-4-18(16)24-19/h1-4,9-10,13-14,20,22H,5-8,11-12H2. The van der Waals surface area contributed by atoms with Crippen LogP contribution in [0, 0.1) is 5.92 Å². The third-order valence-electron chi connectivity index (χ3n) is 4.84. The van der Waals surface area contributed by atoms with Crippen LogP contribution < -0.4 is 5.32 Å². The number of benzene rings is 1. The van der Waals surface area contributed by atoms with Gasteiger partial charge in [-0.1, -0.05) is 12.1 Å². The van der Waals surface area contributed by atoms with Gasteiger partial charge in [0, 0.05) is 12.6 Å². The second kappa shape index (κ2) is 7.05. The van der Waals surface area contributed by atoms with Gasteiger partial charge in [0.05, 0.1) is 16.8 Å². The zero-order chi connectivity index (χ0) is 16.4. The van der Waals surface area contributed by atoms with Gasteiger partial charge in [0.1, 0.15) is 5.76 Å². The number of furan rings is 1. The fourth-order valence-corrected chi connectivity index (χ4v) is 4.29. The predicted octanol–water partition coefficient (Wildman–Crippen LogP) is 4.20. The Bertz CT molecular complexity index is 769. The van der Waals surface area contributed by atoms with Gasteiger partial charge in [-0.2, -0.15) is 0 Å². The van der Waals surface area contributed by atoms with Crippen molar-refractivity contribution in [1.82, 2.24) is 10.3 Å². The quantitative estimate of drug-likeness (QED) is 0.730. The van der Waals surface area contributed by atoms with Crippen LogP contribution in [0.2, 0.25) is 0 Å². The molecular weight excluding hydrogens is 320 g/mol. The molecule has 126 valence electrons. The Labute approximate surface area is 145 Å². The van der Waals surface area contributed by atoms with Crippen LogP contribution in [0.5, 0.6) is 0 Å². The monoisotopic (exact) mass is 342 g/mol. The van der Waals surface area contributed by atoms with Crippen LogP contribution in [0.25, 0.3) is 21.0 Å². The molecule has 0 radical (unpaired) electrons. The molecule has 0 bridgehead atoms. The van der Waals surface area contributed by atoms with Crippen LogP contribution in [-0.4, -0.2) is 22.7 Å². The second-order valence-electron chi connectivity index (χ2n) is 6.53. The number of hydrogen-bond acceptors (Lipinski definition) is 5. The molecule has 1 aromatic carbocycles. The molecule has 0 amide bonds. The molecule has 0 saturated heterocycles. The molecule has 0 spiro atoms. The summed E-state index contributed by atoms with van der Waals surface area (Å²) in [5.41, 5.74) is 1.02. The summed E-state index contributed by atoms with van der Waals surface area (Å²) in [5.74, 6) is 2.29. The summed E-state index contributed by atoms with van der Waals surface area (Å²) < 4.78 is 7.16. The topological polar surface area (TPSA) is 58.3 Å². The average Bonchev–Trinajstić information content (AvgIpc) is 3.27. The van der Waals surface area contributed by atoms with Crippen molar-refractivity contribution in [3.8, 4) is 10.8 Å². The molecule has 0 atom stereocenters. The van der Waals surface area contributed by atoms with E-state index in [0.717, 1.165) is 54.3 Å². The van der Waals surface area contributed by atoms with E-state index in [0.29, 0.717) is 18.6 Å². The number of fused-ring (bicyclic) bond motifs is 1. The maximum atomic E-state index is 9.21. The molecule has 1 aliphatic rings. The molecule has 4 nitrogen and oxygen atoms in total. The maximum absolute atomic E-state index is 9.21. The summed E-state index contributed by atoms with van der Waals surface area (Å²) in [6, 6.07) is 12.7. The number of para-hydroxylation sites is 1. The summed E-state index contributed by atoms with van der Waals surface area (Å²) in [7, 11) is 0. The van der Waals surface area contributed by atoms with Crippen LogP contribution >= 0.6 is 11.3 Å². The SMILES string of the molecule is OCC1CCC(NCc2ccc(-c3nc4ccccc4s3)o2)CC1. The van der Waals surface area contributed by atoms with Gasteiger partial charge in [-0.25, -0.2) is 4.98 Å². The third kappa shape index (κ3) is 3.38. The molecular formula is C19H22N2O2S. The third-order valence-corrected chi connectivity index (χ3v) is 5.89. The zero-order valence-corrected chi connectivity index (χ0v) is 14.4. The number of hydrogen-bond donors (Lipinski definition) is 2. The van der Waals surface area contributed by atoms with Crippen molar-refractivity contribution in [2.75, 3.05) is 6.61 Å². The highest BCUT2D eigenvalue weighted by Crippen LogP contribution is 2.31. The van der Waals surface area contributed by atoms with E-state index >= 15 is 0 Å². The minimum atomic E-state index is 0.330. The van der Waals surface area contributed by atoms with E-state index < -0.39 is 0 Å². The van der Waals surface area contributed by atoms with Crippen molar-refractivity contribution < 1.29 is 9.52 Å². The van der Waals surface area contributed by atoms with Crippen LogP contribution in [0.4, 0.5) is 0 Å². The van der Waals surface area contributed by atoms with Crippen molar-refractivity contribution in [3.05, 3.63) is 42.2 Å². The number of aromatic nitrogens is 1. The van der Waals surface area contributed by atoms with Gasteiger partial charge in [0.15, 0.2) is 10.8 Å². The molecule has 5 heteroatoms. The molecule has 4 rings (SSSR count). The first-order chi connectivity index (χ1) is 11.8. The van der Waals surface area contributed by atoms with E-state index in [1.54, 1.807) is 11.3 Å². The fourth-order valence-electron chi connectivity index (χ4n) is 3.36. The van der Waals surface area contributed by atoms with Crippen LogP contribution in [0.1, 0.15) is 31.4 Å². The molecule has 0 unspecified atom stereocenters. The Balaban J connectivity index is 1.38. The fraction of sp³-hybridized carbons (Fsp3) is 0.421. The lowest BCUT2D eigenvalue weighted by Crippen LogP contribution is -2.33. The van der Waals surface area contributed by atoms with Gasteiger partial charge in [-0.05, 0) is 55.9 Å². The summed E-state index contributed by atoms with van der Waals surface area (Å²) in [4.78, 5) is 4.64. The van der Waals surface area contributed by atoms with Crippen LogP contribution in [0.3, 0.4) is 0 Å². The lowest BCUT2D eigenvalue weighted by Gasteiger charge is -2.27. The Hall–Kier alpha value is -1.69. The van der Waals surface area contributed by atoms with Crippen molar-refractivity contribution in [1.29, 1.82) is 0 Å². The Morgan fingerprint density at radius 3 is 2.75 bits per heavy atom. The number of aliphatic hydroxyl groups excluding tert-OH is 1. The number of nitrogens with zero attached hydrogens (tertiary/aromatic N) is 1. The van der Waals surface area contributed by atoms with Crippen molar-refractivity contribution >= 4 is 21.6 Å². The van der Waals surface area contributed by atoms with Crippen molar-refractivity contribution in [2.24, 2.45) is 5.92 Å². The molecule has 1 saturated carbocycles. The smallest absolute Gasteiger partial charge is 0.163 e. The number of rotatable bonds is 5. The number of nitrogens with one attached hydrogen (secondary N) is 1. The number of thiazole rings is 1.